The Labute approximate surface area is 101 Å². The molecule has 0 spiro atoms. The van der Waals surface area contributed by atoms with Gasteiger partial charge in [0.1, 0.15) is 18.0 Å². The minimum Gasteiger partial charge on any atom is -0.497 e. The van der Waals surface area contributed by atoms with Crippen LogP contribution in [0.1, 0.15) is 12.5 Å². The van der Waals surface area contributed by atoms with Crippen LogP contribution in [0.2, 0.25) is 0 Å². The largest absolute Gasteiger partial charge is 0.497 e. The predicted molar refractivity (Wildman–Crippen MR) is 62.9 cm³/mol. The second-order valence-electron chi connectivity index (χ2n) is 3.55. The first-order valence-electron chi connectivity index (χ1n) is 5.46. The molecule has 0 radical (unpaired) electrons. The van der Waals surface area contributed by atoms with E-state index < -0.39 is 11.9 Å². The van der Waals surface area contributed by atoms with Crippen molar-refractivity contribution in [1.82, 2.24) is 0 Å². The summed E-state index contributed by atoms with van der Waals surface area (Å²) < 4.78 is 9.90. The van der Waals surface area contributed by atoms with Crippen LogP contribution in [0.15, 0.2) is 24.3 Å². The Morgan fingerprint density at radius 2 is 2.24 bits per heavy atom. The molecule has 0 N–H and O–H groups in total. The molecule has 0 amide bonds. The number of carbonyl (C=O) groups is 2. The molecular formula is C13H16O4. The van der Waals surface area contributed by atoms with E-state index in [0.717, 1.165) is 5.56 Å². The fourth-order valence-electron chi connectivity index (χ4n) is 1.49. The zero-order chi connectivity index (χ0) is 12.7. The van der Waals surface area contributed by atoms with E-state index in [4.69, 9.17) is 9.47 Å². The molecule has 1 atom stereocenters. The van der Waals surface area contributed by atoms with Crippen LogP contribution in [-0.2, 0) is 20.7 Å². The van der Waals surface area contributed by atoms with Gasteiger partial charge in [-0.05, 0) is 31.0 Å². The molecule has 0 aromatic heterocycles. The van der Waals surface area contributed by atoms with Crippen LogP contribution < -0.4 is 4.74 Å². The van der Waals surface area contributed by atoms with Crippen LogP contribution in [0.3, 0.4) is 0 Å². The summed E-state index contributed by atoms with van der Waals surface area (Å²) in [6.07, 6.45) is 0.955. The van der Waals surface area contributed by atoms with Crippen molar-refractivity contribution in [3.63, 3.8) is 0 Å². The van der Waals surface area contributed by atoms with Gasteiger partial charge in [-0.15, -0.1) is 0 Å². The van der Waals surface area contributed by atoms with Gasteiger partial charge in [0.25, 0.3) is 0 Å². The molecule has 92 valence electrons. The molecule has 0 aliphatic carbocycles. The number of benzene rings is 1. The van der Waals surface area contributed by atoms with Crippen molar-refractivity contribution in [3.05, 3.63) is 29.8 Å². The first-order chi connectivity index (χ1) is 8.21. The normalized spacial score (nSPS) is 11.6. The fraction of sp³-hybridized carbons (Fsp3) is 0.385. The van der Waals surface area contributed by atoms with E-state index in [1.54, 1.807) is 20.1 Å². The zero-order valence-electron chi connectivity index (χ0n) is 10.0. The lowest BCUT2D eigenvalue weighted by Crippen LogP contribution is -2.21. The summed E-state index contributed by atoms with van der Waals surface area (Å²) in [5.41, 5.74) is 0.870. The molecule has 4 nitrogen and oxygen atoms in total. The maximum absolute atomic E-state index is 11.4. The van der Waals surface area contributed by atoms with E-state index in [1.165, 1.54) is 0 Å². The third kappa shape index (κ3) is 3.90. The van der Waals surface area contributed by atoms with Crippen LogP contribution in [-0.4, -0.2) is 26.0 Å². The molecule has 1 rings (SSSR count). The van der Waals surface area contributed by atoms with Crippen LogP contribution in [0.25, 0.3) is 0 Å². The first-order valence-corrected chi connectivity index (χ1v) is 5.46. The SMILES string of the molecule is CCOC(=O)C(C=O)Cc1cccc(OC)c1. The predicted octanol–water partition coefficient (Wildman–Crippen LogP) is 1.62. The summed E-state index contributed by atoms with van der Waals surface area (Å²) in [5.74, 6) is -0.525. The minimum absolute atomic E-state index is 0.279. The van der Waals surface area contributed by atoms with E-state index in [9.17, 15) is 9.59 Å². The van der Waals surface area contributed by atoms with Crippen molar-refractivity contribution >= 4 is 12.3 Å². The molecule has 0 saturated carbocycles. The van der Waals surface area contributed by atoms with Gasteiger partial charge in [0, 0.05) is 0 Å². The topological polar surface area (TPSA) is 52.6 Å². The number of rotatable bonds is 6. The minimum atomic E-state index is -0.748. The maximum Gasteiger partial charge on any atom is 0.316 e. The number of methoxy groups -OCH3 is 1. The summed E-state index contributed by atoms with van der Waals surface area (Å²) in [6.45, 7) is 1.99. The van der Waals surface area contributed by atoms with Gasteiger partial charge in [-0.3, -0.25) is 4.79 Å². The van der Waals surface area contributed by atoms with Gasteiger partial charge in [0.05, 0.1) is 13.7 Å². The second kappa shape index (κ2) is 6.68. The lowest BCUT2D eigenvalue weighted by Gasteiger charge is -2.10. The lowest BCUT2D eigenvalue weighted by atomic mass is 10.0. The van der Waals surface area contributed by atoms with Gasteiger partial charge in [0.15, 0.2) is 0 Å². The van der Waals surface area contributed by atoms with Crippen molar-refractivity contribution in [1.29, 1.82) is 0 Å². The highest BCUT2D eigenvalue weighted by Gasteiger charge is 2.19. The molecule has 4 heteroatoms. The third-order valence-corrected chi connectivity index (χ3v) is 2.34. The Balaban J connectivity index is 2.73. The van der Waals surface area contributed by atoms with Crippen LogP contribution in [0, 0.1) is 5.92 Å². The summed E-state index contributed by atoms with van der Waals surface area (Å²) in [6, 6.07) is 7.28. The van der Waals surface area contributed by atoms with E-state index >= 15 is 0 Å². The Morgan fingerprint density at radius 1 is 1.47 bits per heavy atom. The van der Waals surface area contributed by atoms with Crippen molar-refractivity contribution in [2.45, 2.75) is 13.3 Å². The number of hydrogen-bond acceptors (Lipinski definition) is 4. The third-order valence-electron chi connectivity index (χ3n) is 2.34. The van der Waals surface area contributed by atoms with Crippen molar-refractivity contribution in [2.24, 2.45) is 5.92 Å². The zero-order valence-corrected chi connectivity index (χ0v) is 10.0. The van der Waals surface area contributed by atoms with E-state index in [1.807, 2.05) is 18.2 Å². The molecule has 0 saturated heterocycles. The van der Waals surface area contributed by atoms with Crippen LogP contribution >= 0.6 is 0 Å². The van der Waals surface area contributed by atoms with Gasteiger partial charge < -0.3 is 14.3 Å². The average molecular weight is 236 g/mol. The summed E-state index contributed by atoms with van der Waals surface area (Å²) in [5, 5.41) is 0. The fourth-order valence-corrected chi connectivity index (χ4v) is 1.49. The molecule has 1 unspecified atom stereocenters. The van der Waals surface area contributed by atoms with Crippen LogP contribution in [0.5, 0.6) is 5.75 Å². The molecule has 0 aliphatic heterocycles. The first kappa shape index (κ1) is 13.2. The molecule has 1 aromatic rings. The monoisotopic (exact) mass is 236 g/mol. The molecule has 0 bridgehead atoms. The standard InChI is InChI=1S/C13H16O4/c1-3-17-13(15)11(9-14)7-10-5-4-6-12(8-10)16-2/h4-6,8-9,11H,3,7H2,1-2H3. The van der Waals surface area contributed by atoms with E-state index in [-0.39, 0.29) is 6.61 Å². The number of esters is 1. The van der Waals surface area contributed by atoms with E-state index in [2.05, 4.69) is 0 Å². The summed E-state index contributed by atoms with van der Waals surface area (Å²) >= 11 is 0. The van der Waals surface area contributed by atoms with Gasteiger partial charge in [-0.1, -0.05) is 12.1 Å². The Hall–Kier alpha value is -1.84. The number of ether oxygens (including phenoxy) is 2. The maximum atomic E-state index is 11.4. The van der Waals surface area contributed by atoms with Gasteiger partial charge in [-0.2, -0.15) is 0 Å². The summed E-state index contributed by atoms with van der Waals surface area (Å²) in [7, 11) is 1.57. The highest BCUT2D eigenvalue weighted by molar-refractivity contribution is 5.88. The van der Waals surface area contributed by atoms with Crippen molar-refractivity contribution < 1.29 is 19.1 Å². The quantitative estimate of drug-likeness (QED) is 0.428. The second-order valence-corrected chi connectivity index (χ2v) is 3.55. The highest BCUT2D eigenvalue weighted by Crippen LogP contribution is 2.16. The Morgan fingerprint density at radius 3 is 2.82 bits per heavy atom. The van der Waals surface area contributed by atoms with Crippen molar-refractivity contribution in [2.75, 3.05) is 13.7 Å². The molecule has 0 heterocycles. The molecule has 0 aliphatic rings. The van der Waals surface area contributed by atoms with Crippen LogP contribution in [0.4, 0.5) is 0 Å². The Kier molecular flexibility index (Phi) is 5.20. The van der Waals surface area contributed by atoms with Gasteiger partial charge >= 0.3 is 5.97 Å². The Bertz CT molecular complexity index is 387. The molecule has 17 heavy (non-hydrogen) atoms. The lowest BCUT2D eigenvalue weighted by molar-refractivity contribution is -0.149. The van der Waals surface area contributed by atoms with Crippen molar-refractivity contribution in [3.8, 4) is 5.75 Å². The number of aldehydes is 1. The molecular weight excluding hydrogens is 220 g/mol. The smallest absolute Gasteiger partial charge is 0.316 e. The number of hydrogen-bond donors (Lipinski definition) is 0. The highest BCUT2D eigenvalue weighted by atomic mass is 16.5. The van der Waals surface area contributed by atoms with E-state index in [0.29, 0.717) is 18.5 Å². The number of carbonyl (C=O) groups excluding carboxylic acids is 2. The van der Waals surface area contributed by atoms with Gasteiger partial charge in [0.2, 0.25) is 0 Å². The summed E-state index contributed by atoms with van der Waals surface area (Å²) in [4.78, 5) is 22.3. The molecule has 1 aromatic carbocycles. The van der Waals surface area contributed by atoms with Gasteiger partial charge in [-0.25, -0.2) is 0 Å². The molecule has 0 fully saturated rings. The average Bonchev–Trinajstić information content (AvgIpc) is 2.36.